The SMILES string of the molecule is CC(=O)N[C@@H](Cc1cccc(F)c1)C(=O)N[C@H](C(=O)O)[C@@H](C)CC#N. The number of nitriles is 1. The van der Waals surface area contributed by atoms with E-state index in [0.29, 0.717) is 5.56 Å². The number of hydrogen-bond acceptors (Lipinski definition) is 4. The van der Waals surface area contributed by atoms with Crippen molar-refractivity contribution in [3.05, 3.63) is 35.6 Å². The summed E-state index contributed by atoms with van der Waals surface area (Å²) in [4.78, 5) is 35.1. The molecule has 1 rings (SSSR count). The van der Waals surface area contributed by atoms with Crippen molar-refractivity contribution in [3.63, 3.8) is 0 Å². The molecule has 0 bridgehead atoms. The minimum atomic E-state index is -1.27. The van der Waals surface area contributed by atoms with Gasteiger partial charge >= 0.3 is 5.97 Å². The normalized spacial score (nSPS) is 13.8. The van der Waals surface area contributed by atoms with Gasteiger partial charge in [0.25, 0.3) is 0 Å². The van der Waals surface area contributed by atoms with Crippen LogP contribution in [0.25, 0.3) is 0 Å². The molecule has 0 aliphatic carbocycles. The molecule has 7 nitrogen and oxygen atoms in total. The molecule has 0 aliphatic heterocycles. The first-order valence-electron chi connectivity index (χ1n) is 7.66. The van der Waals surface area contributed by atoms with Crippen molar-refractivity contribution in [1.82, 2.24) is 10.6 Å². The quantitative estimate of drug-likeness (QED) is 0.647. The molecule has 1 aromatic rings. The number of nitrogens with zero attached hydrogens (tertiary/aromatic N) is 1. The van der Waals surface area contributed by atoms with E-state index in [1.807, 2.05) is 6.07 Å². The van der Waals surface area contributed by atoms with Gasteiger partial charge in [-0.05, 0) is 17.7 Å². The molecular formula is C17H20FN3O4. The van der Waals surface area contributed by atoms with Crippen LogP contribution in [0.4, 0.5) is 4.39 Å². The molecule has 25 heavy (non-hydrogen) atoms. The van der Waals surface area contributed by atoms with Crippen molar-refractivity contribution in [2.45, 2.75) is 38.8 Å². The third-order valence-electron chi connectivity index (χ3n) is 3.57. The minimum Gasteiger partial charge on any atom is -0.480 e. The summed E-state index contributed by atoms with van der Waals surface area (Å²) in [6, 6.07) is 5.08. The average molecular weight is 349 g/mol. The Labute approximate surface area is 144 Å². The van der Waals surface area contributed by atoms with Gasteiger partial charge in [0.2, 0.25) is 11.8 Å². The fourth-order valence-corrected chi connectivity index (χ4v) is 2.32. The maximum atomic E-state index is 13.3. The average Bonchev–Trinajstić information content (AvgIpc) is 2.51. The number of rotatable bonds is 8. The van der Waals surface area contributed by atoms with Crippen LogP contribution in [-0.2, 0) is 20.8 Å². The van der Waals surface area contributed by atoms with Crippen LogP contribution in [0.3, 0.4) is 0 Å². The van der Waals surface area contributed by atoms with E-state index in [-0.39, 0.29) is 12.8 Å². The van der Waals surface area contributed by atoms with Gasteiger partial charge in [0.1, 0.15) is 17.9 Å². The maximum absolute atomic E-state index is 13.3. The molecule has 3 atom stereocenters. The molecule has 0 heterocycles. The lowest BCUT2D eigenvalue weighted by Gasteiger charge is -2.23. The van der Waals surface area contributed by atoms with Gasteiger partial charge in [0.15, 0.2) is 0 Å². The Morgan fingerprint density at radius 3 is 2.52 bits per heavy atom. The van der Waals surface area contributed by atoms with E-state index in [9.17, 15) is 23.9 Å². The lowest BCUT2D eigenvalue weighted by atomic mass is 9.98. The Morgan fingerprint density at radius 2 is 2.00 bits per heavy atom. The van der Waals surface area contributed by atoms with Gasteiger partial charge in [0.05, 0.1) is 6.07 Å². The first-order chi connectivity index (χ1) is 11.7. The zero-order valence-corrected chi connectivity index (χ0v) is 14.0. The minimum absolute atomic E-state index is 0.00213. The summed E-state index contributed by atoms with van der Waals surface area (Å²) in [6.07, 6.45) is -0.0475. The Morgan fingerprint density at radius 1 is 1.32 bits per heavy atom. The maximum Gasteiger partial charge on any atom is 0.326 e. The second-order valence-electron chi connectivity index (χ2n) is 5.75. The van der Waals surface area contributed by atoms with Gasteiger partial charge in [-0.25, -0.2) is 9.18 Å². The summed E-state index contributed by atoms with van der Waals surface area (Å²) < 4.78 is 13.3. The molecule has 0 radical (unpaired) electrons. The number of hydrogen-bond donors (Lipinski definition) is 3. The Bertz CT molecular complexity index is 687. The highest BCUT2D eigenvalue weighted by Crippen LogP contribution is 2.10. The summed E-state index contributed by atoms with van der Waals surface area (Å²) in [7, 11) is 0. The van der Waals surface area contributed by atoms with Gasteiger partial charge in [0, 0.05) is 25.7 Å². The Hall–Kier alpha value is -2.95. The third-order valence-corrected chi connectivity index (χ3v) is 3.57. The third kappa shape index (κ3) is 6.59. The number of carbonyl (C=O) groups is 3. The number of amides is 2. The number of carbonyl (C=O) groups excluding carboxylic acids is 2. The molecule has 2 amide bonds. The van der Waals surface area contributed by atoms with Gasteiger partial charge in [-0.2, -0.15) is 5.26 Å². The second kappa shape index (κ2) is 9.37. The fraction of sp³-hybridized carbons (Fsp3) is 0.412. The zero-order chi connectivity index (χ0) is 19.0. The summed E-state index contributed by atoms with van der Waals surface area (Å²) in [6.45, 7) is 2.75. The highest BCUT2D eigenvalue weighted by atomic mass is 19.1. The first kappa shape index (κ1) is 20.1. The molecule has 3 N–H and O–H groups in total. The first-order valence-corrected chi connectivity index (χ1v) is 7.66. The number of nitrogens with one attached hydrogen (secondary N) is 2. The van der Waals surface area contributed by atoms with Crippen LogP contribution in [0.1, 0.15) is 25.8 Å². The van der Waals surface area contributed by atoms with Crippen molar-refractivity contribution in [1.29, 1.82) is 5.26 Å². The summed E-state index contributed by atoms with van der Waals surface area (Å²) in [5, 5.41) is 22.7. The van der Waals surface area contributed by atoms with Crippen molar-refractivity contribution in [3.8, 4) is 6.07 Å². The van der Waals surface area contributed by atoms with Crippen molar-refractivity contribution in [2.24, 2.45) is 5.92 Å². The van der Waals surface area contributed by atoms with Gasteiger partial charge in [-0.3, -0.25) is 9.59 Å². The van der Waals surface area contributed by atoms with E-state index in [4.69, 9.17) is 5.26 Å². The standard InChI is InChI=1S/C17H20FN3O4/c1-10(6-7-19)15(17(24)25)21-16(23)14(20-11(2)22)9-12-4-3-5-13(18)8-12/h3-5,8,10,14-15H,6,9H2,1-2H3,(H,20,22)(H,21,23)(H,24,25)/t10-,14-,15-/m0/s1. The second-order valence-corrected chi connectivity index (χ2v) is 5.75. The lowest BCUT2D eigenvalue weighted by molar-refractivity contribution is -0.143. The zero-order valence-electron chi connectivity index (χ0n) is 14.0. The van der Waals surface area contributed by atoms with Gasteiger partial charge in [-0.1, -0.05) is 19.1 Å². The molecule has 1 aromatic carbocycles. The Kier molecular flexibility index (Phi) is 7.53. The highest BCUT2D eigenvalue weighted by Gasteiger charge is 2.30. The van der Waals surface area contributed by atoms with Crippen LogP contribution in [-0.4, -0.2) is 35.0 Å². The summed E-state index contributed by atoms with van der Waals surface area (Å²) >= 11 is 0. The number of halogens is 1. The van der Waals surface area contributed by atoms with Crippen LogP contribution in [0, 0.1) is 23.1 Å². The van der Waals surface area contributed by atoms with Gasteiger partial charge < -0.3 is 15.7 Å². The van der Waals surface area contributed by atoms with Crippen molar-refractivity contribution >= 4 is 17.8 Å². The monoisotopic (exact) mass is 349 g/mol. The smallest absolute Gasteiger partial charge is 0.326 e. The van der Waals surface area contributed by atoms with Crippen LogP contribution >= 0.6 is 0 Å². The number of aliphatic carboxylic acids is 1. The highest BCUT2D eigenvalue weighted by molar-refractivity contribution is 5.90. The Balaban J connectivity index is 2.93. The van der Waals surface area contributed by atoms with Crippen LogP contribution < -0.4 is 10.6 Å². The largest absolute Gasteiger partial charge is 0.480 e. The molecule has 134 valence electrons. The van der Waals surface area contributed by atoms with E-state index in [1.165, 1.54) is 32.0 Å². The van der Waals surface area contributed by atoms with E-state index < -0.39 is 41.6 Å². The summed E-state index contributed by atoms with van der Waals surface area (Å²) in [5.74, 6) is -3.56. The van der Waals surface area contributed by atoms with Crippen LogP contribution in [0.5, 0.6) is 0 Å². The van der Waals surface area contributed by atoms with E-state index >= 15 is 0 Å². The van der Waals surface area contributed by atoms with E-state index in [0.717, 1.165) is 0 Å². The fourth-order valence-electron chi connectivity index (χ4n) is 2.32. The summed E-state index contributed by atoms with van der Waals surface area (Å²) in [5.41, 5.74) is 0.478. The van der Waals surface area contributed by atoms with Crippen molar-refractivity contribution in [2.75, 3.05) is 0 Å². The molecule has 0 spiro atoms. The molecule has 0 saturated carbocycles. The molecule has 0 unspecified atom stereocenters. The molecule has 8 heteroatoms. The molecule has 0 saturated heterocycles. The predicted molar refractivity (Wildman–Crippen MR) is 86.7 cm³/mol. The predicted octanol–water partition coefficient (Wildman–Crippen LogP) is 0.992. The molecule has 0 fully saturated rings. The number of benzene rings is 1. The van der Waals surface area contributed by atoms with Crippen LogP contribution in [0.15, 0.2) is 24.3 Å². The van der Waals surface area contributed by atoms with E-state index in [1.54, 1.807) is 6.07 Å². The molecular weight excluding hydrogens is 329 g/mol. The number of carboxylic acids is 1. The molecule has 0 aliphatic rings. The van der Waals surface area contributed by atoms with Crippen molar-refractivity contribution < 1.29 is 23.9 Å². The topological polar surface area (TPSA) is 119 Å². The lowest BCUT2D eigenvalue weighted by Crippen LogP contribution is -2.53. The van der Waals surface area contributed by atoms with E-state index in [2.05, 4.69) is 10.6 Å². The van der Waals surface area contributed by atoms with Crippen LogP contribution in [0.2, 0.25) is 0 Å². The number of carboxylic acid groups (broad SMARTS) is 1. The van der Waals surface area contributed by atoms with Gasteiger partial charge in [-0.15, -0.1) is 0 Å². The molecule has 0 aromatic heterocycles.